The monoisotopic (exact) mass is 479 g/mol. The first kappa shape index (κ1) is 24.4. The van der Waals surface area contributed by atoms with Crippen LogP contribution in [0.2, 0.25) is 0 Å². The molecule has 1 heterocycles. The lowest BCUT2D eigenvalue weighted by Crippen LogP contribution is -2.36. The van der Waals surface area contributed by atoms with Gasteiger partial charge in [0.25, 0.3) is 5.91 Å². The third-order valence-electron chi connectivity index (χ3n) is 5.94. The molecule has 0 saturated carbocycles. The van der Waals surface area contributed by atoms with Crippen molar-refractivity contribution in [3.63, 3.8) is 0 Å². The van der Waals surface area contributed by atoms with Crippen LogP contribution in [0.5, 0.6) is 0 Å². The maximum Gasteiger partial charge on any atom is 0.254 e. The summed E-state index contributed by atoms with van der Waals surface area (Å²) < 4.78 is 51.2. The number of carbonyl (C=O) groups excluding carboxylic acids is 1. The third-order valence-corrected chi connectivity index (χ3v) is 8.89. The van der Waals surface area contributed by atoms with Crippen molar-refractivity contribution in [1.82, 2.24) is 9.21 Å². The van der Waals surface area contributed by atoms with E-state index in [0.29, 0.717) is 24.2 Å². The van der Waals surface area contributed by atoms with Crippen molar-refractivity contribution in [2.45, 2.75) is 48.9 Å². The van der Waals surface area contributed by atoms with Crippen molar-refractivity contribution < 1.29 is 21.6 Å². The van der Waals surface area contributed by atoms with Crippen LogP contribution in [0.3, 0.4) is 0 Å². The van der Waals surface area contributed by atoms with Gasteiger partial charge < -0.3 is 4.90 Å². The van der Waals surface area contributed by atoms with Crippen molar-refractivity contribution in [2.75, 3.05) is 20.1 Å². The fourth-order valence-corrected chi connectivity index (χ4v) is 6.15. The van der Waals surface area contributed by atoms with E-state index in [4.69, 9.17) is 5.14 Å². The van der Waals surface area contributed by atoms with Crippen LogP contribution in [0.15, 0.2) is 52.3 Å². The molecule has 1 amide bonds. The number of hydrogen-bond donors (Lipinski definition) is 1. The number of hydrogen-bond acceptors (Lipinski definition) is 5. The zero-order valence-corrected chi connectivity index (χ0v) is 20.1. The summed E-state index contributed by atoms with van der Waals surface area (Å²) in [6, 6.07) is 10.3. The van der Waals surface area contributed by atoms with Gasteiger partial charge in [-0.2, -0.15) is 4.31 Å². The second kappa shape index (κ2) is 9.30. The molecule has 174 valence electrons. The van der Waals surface area contributed by atoms with Gasteiger partial charge in [0.1, 0.15) is 0 Å². The average molecular weight is 480 g/mol. The summed E-state index contributed by atoms with van der Waals surface area (Å²) in [6.07, 6.45) is 2.67. The number of sulfonamides is 2. The van der Waals surface area contributed by atoms with Gasteiger partial charge in [0.05, 0.1) is 15.8 Å². The molecule has 0 radical (unpaired) electrons. The van der Waals surface area contributed by atoms with Gasteiger partial charge in [0.15, 0.2) is 0 Å². The summed E-state index contributed by atoms with van der Waals surface area (Å²) in [7, 11) is -5.96. The molecular formula is C22H29N3O5S2. The van der Waals surface area contributed by atoms with Crippen LogP contribution >= 0.6 is 0 Å². The molecule has 2 aromatic carbocycles. The minimum atomic E-state index is -3.87. The second-order valence-electron chi connectivity index (χ2n) is 8.15. The zero-order chi connectivity index (χ0) is 23.7. The van der Waals surface area contributed by atoms with E-state index in [1.165, 1.54) is 27.4 Å². The third kappa shape index (κ3) is 5.03. The Labute approximate surface area is 190 Å². The van der Waals surface area contributed by atoms with Crippen LogP contribution in [0.1, 0.15) is 53.7 Å². The molecule has 2 aromatic rings. The average Bonchev–Trinajstić information content (AvgIpc) is 2.78. The van der Waals surface area contributed by atoms with Gasteiger partial charge in [0.2, 0.25) is 20.0 Å². The van der Waals surface area contributed by atoms with E-state index in [2.05, 4.69) is 0 Å². The molecular weight excluding hydrogens is 450 g/mol. The smallest absolute Gasteiger partial charge is 0.254 e. The number of aryl methyl sites for hydroxylation is 1. The number of nitrogens with two attached hydrogens (primary N) is 1. The first-order chi connectivity index (χ1) is 14.9. The Morgan fingerprint density at radius 1 is 1.03 bits per heavy atom. The molecule has 1 saturated heterocycles. The first-order valence-corrected chi connectivity index (χ1v) is 13.4. The Balaban J connectivity index is 1.90. The summed E-state index contributed by atoms with van der Waals surface area (Å²) in [5, 5.41) is 5.22. The first-order valence-electron chi connectivity index (χ1n) is 10.4. The van der Waals surface area contributed by atoms with Crippen LogP contribution in [0.4, 0.5) is 0 Å². The van der Waals surface area contributed by atoms with Gasteiger partial charge >= 0.3 is 0 Å². The van der Waals surface area contributed by atoms with Gasteiger partial charge in [-0.15, -0.1) is 0 Å². The number of carbonyl (C=O) groups is 1. The Morgan fingerprint density at radius 2 is 1.69 bits per heavy atom. The lowest BCUT2D eigenvalue weighted by Gasteiger charge is -2.28. The highest BCUT2D eigenvalue weighted by atomic mass is 32.2. The SMILES string of the molecule is Cc1ccc(C(=O)N(C)C(C)c2cccc(S(N)(=O)=O)c2)cc1S(=O)(=O)N1CCCCC1. The molecule has 3 rings (SSSR count). The van der Waals surface area contributed by atoms with Gasteiger partial charge in [-0.1, -0.05) is 24.6 Å². The summed E-state index contributed by atoms with van der Waals surface area (Å²) in [5.74, 6) is -0.367. The molecule has 8 nitrogen and oxygen atoms in total. The van der Waals surface area contributed by atoms with Gasteiger partial charge in [-0.05, 0) is 62.1 Å². The van der Waals surface area contributed by atoms with Gasteiger partial charge in [-0.3, -0.25) is 4.79 Å². The summed E-state index contributed by atoms with van der Waals surface area (Å²) in [5.41, 5.74) is 1.44. The predicted molar refractivity (Wildman–Crippen MR) is 122 cm³/mol. The molecule has 2 N–H and O–H groups in total. The summed E-state index contributed by atoms with van der Waals surface area (Å²) in [4.78, 5) is 14.7. The van der Waals surface area contributed by atoms with Crippen molar-refractivity contribution in [2.24, 2.45) is 5.14 Å². The molecule has 1 fully saturated rings. The minimum absolute atomic E-state index is 0.0343. The minimum Gasteiger partial charge on any atom is -0.335 e. The van der Waals surface area contributed by atoms with Crippen LogP contribution in [-0.2, 0) is 20.0 Å². The summed E-state index contributed by atoms with van der Waals surface area (Å²) >= 11 is 0. The van der Waals surface area contributed by atoms with E-state index in [0.717, 1.165) is 19.3 Å². The van der Waals surface area contributed by atoms with E-state index >= 15 is 0 Å². The van der Waals surface area contributed by atoms with Crippen molar-refractivity contribution in [3.8, 4) is 0 Å². The van der Waals surface area contributed by atoms with Crippen molar-refractivity contribution in [1.29, 1.82) is 0 Å². The van der Waals surface area contributed by atoms with Crippen molar-refractivity contribution in [3.05, 3.63) is 59.2 Å². The molecule has 1 aliphatic heterocycles. The Morgan fingerprint density at radius 3 is 2.31 bits per heavy atom. The highest BCUT2D eigenvalue weighted by molar-refractivity contribution is 7.89. The Bertz CT molecular complexity index is 1220. The second-order valence-corrected chi connectivity index (χ2v) is 11.6. The molecule has 1 atom stereocenters. The highest BCUT2D eigenvalue weighted by Gasteiger charge is 2.29. The molecule has 0 bridgehead atoms. The number of amides is 1. The predicted octanol–water partition coefficient (Wildman–Crippen LogP) is 2.65. The Hall–Kier alpha value is -2.27. The van der Waals surface area contributed by atoms with Crippen LogP contribution < -0.4 is 5.14 Å². The van der Waals surface area contributed by atoms with E-state index in [-0.39, 0.29) is 21.3 Å². The number of nitrogens with zero attached hydrogens (tertiary/aromatic N) is 2. The maximum atomic E-state index is 13.2. The molecule has 1 aliphatic rings. The number of benzene rings is 2. The quantitative estimate of drug-likeness (QED) is 0.683. The normalized spacial score (nSPS) is 16.5. The van der Waals surface area contributed by atoms with Crippen LogP contribution in [-0.4, -0.2) is 52.1 Å². The number of primary sulfonamides is 1. The topological polar surface area (TPSA) is 118 Å². The molecule has 0 aliphatic carbocycles. The molecule has 0 aromatic heterocycles. The summed E-state index contributed by atoms with van der Waals surface area (Å²) in [6.45, 7) is 4.45. The lowest BCUT2D eigenvalue weighted by molar-refractivity contribution is 0.0742. The zero-order valence-electron chi connectivity index (χ0n) is 18.5. The van der Waals surface area contributed by atoms with Gasteiger partial charge in [-0.25, -0.2) is 22.0 Å². The van der Waals surface area contributed by atoms with E-state index in [1.54, 1.807) is 45.2 Å². The fourth-order valence-electron chi connectivity index (χ4n) is 3.81. The molecule has 1 unspecified atom stereocenters. The van der Waals surface area contributed by atoms with Crippen LogP contribution in [0, 0.1) is 6.92 Å². The van der Waals surface area contributed by atoms with E-state index in [1.807, 2.05) is 0 Å². The maximum absolute atomic E-state index is 13.2. The molecule has 10 heteroatoms. The lowest BCUT2D eigenvalue weighted by atomic mass is 10.1. The fraction of sp³-hybridized carbons (Fsp3) is 0.409. The number of piperidine rings is 1. The number of rotatable bonds is 6. The van der Waals surface area contributed by atoms with Crippen molar-refractivity contribution >= 4 is 26.0 Å². The Kier molecular flexibility index (Phi) is 7.09. The van der Waals surface area contributed by atoms with Gasteiger partial charge in [0, 0.05) is 25.7 Å². The molecule has 0 spiro atoms. The largest absolute Gasteiger partial charge is 0.335 e. The standard InChI is InChI=1S/C22H29N3O5S2/c1-16-10-11-19(15-21(16)32(29,30)25-12-5-4-6-13-25)22(26)24(3)17(2)18-8-7-9-20(14-18)31(23,27)28/h7-11,14-15,17H,4-6,12-13H2,1-3H3,(H2,23,27,28). The molecule has 32 heavy (non-hydrogen) atoms. The highest BCUT2D eigenvalue weighted by Crippen LogP contribution is 2.27. The van der Waals surface area contributed by atoms with Crippen LogP contribution in [0.25, 0.3) is 0 Å². The van der Waals surface area contributed by atoms with E-state index < -0.39 is 26.1 Å². The van der Waals surface area contributed by atoms with E-state index in [9.17, 15) is 21.6 Å².